The van der Waals surface area contributed by atoms with Crippen molar-refractivity contribution in [1.82, 2.24) is 9.88 Å². The number of carbonyl (C=O) groups excluding carboxylic acids is 1. The Morgan fingerprint density at radius 1 is 1.17 bits per heavy atom. The molecule has 0 N–H and O–H groups in total. The zero-order valence-electron chi connectivity index (χ0n) is 15.7. The summed E-state index contributed by atoms with van der Waals surface area (Å²) in [6.45, 7) is 5.82. The molecule has 0 atom stereocenters. The van der Waals surface area contributed by atoms with Crippen molar-refractivity contribution in [2.45, 2.75) is 20.2 Å². The number of nitrogens with zero attached hydrogens (tertiary/aromatic N) is 3. The molecule has 1 aromatic carbocycles. The Morgan fingerprint density at radius 3 is 2.52 bits per heavy atom. The minimum Gasteiger partial charge on any atom is -0.466 e. The lowest BCUT2D eigenvalue weighted by atomic mass is 10.2. The maximum Gasteiger partial charge on any atom is 0.573 e. The highest BCUT2D eigenvalue weighted by Crippen LogP contribution is 2.33. The molecule has 2 aromatic heterocycles. The van der Waals surface area contributed by atoms with Crippen LogP contribution < -0.4 is 9.64 Å². The van der Waals surface area contributed by atoms with Gasteiger partial charge >= 0.3 is 6.36 Å². The lowest BCUT2D eigenvalue weighted by molar-refractivity contribution is -0.274. The fourth-order valence-corrected chi connectivity index (χ4v) is 4.39. The molecule has 29 heavy (non-hydrogen) atoms. The molecule has 0 radical (unpaired) electrons. The molecule has 4 rings (SSSR count). The van der Waals surface area contributed by atoms with Crippen molar-refractivity contribution in [3.8, 4) is 5.75 Å². The van der Waals surface area contributed by atoms with E-state index in [0.29, 0.717) is 58.6 Å². The van der Waals surface area contributed by atoms with Gasteiger partial charge in [0.05, 0.1) is 15.8 Å². The van der Waals surface area contributed by atoms with Crippen LogP contribution in [0, 0.1) is 13.8 Å². The molecule has 1 fully saturated rings. The largest absolute Gasteiger partial charge is 0.573 e. The SMILES string of the molecule is Cc1cc(C(=O)N2CCN(c3nc4ccc(OC(F)(F)F)cc4s3)CC2)c(C)o1. The number of ether oxygens (including phenoxy) is 1. The van der Waals surface area contributed by atoms with E-state index in [0.717, 1.165) is 0 Å². The molecule has 154 valence electrons. The second-order valence-electron chi connectivity index (χ2n) is 6.78. The lowest BCUT2D eigenvalue weighted by Gasteiger charge is -2.34. The van der Waals surface area contributed by atoms with Gasteiger partial charge in [-0.25, -0.2) is 4.98 Å². The summed E-state index contributed by atoms with van der Waals surface area (Å²) in [5.41, 5.74) is 1.19. The minimum atomic E-state index is -4.73. The smallest absolute Gasteiger partial charge is 0.466 e. The van der Waals surface area contributed by atoms with Crippen molar-refractivity contribution in [2.24, 2.45) is 0 Å². The molecule has 0 aliphatic carbocycles. The van der Waals surface area contributed by atoms with Crippen LogP contribution in [-0.2, 0) is 0 Å². The molecule has 0 unspecified atom stereocenters. The Kier molecular flexibility index (Phi) is 4.89. The molecule has 0 saturated carbocycles. The molecule has 10 heteroatoms. The predicted octanol–water partition coefficient (Wildman–Crippen LogP) is 4.37. The highest BCUT2D eigenvalue weighted by Gasteiger charge is 2.31. The maximum absolute atomic E-state index is 12.7. The van der Waals surface area contributed by atoms with Gasteiger partial charge in [0.1, 0.15) is 17.3 Å². The quantitative estimate of drug-likeness (QED) is 0.624. The number of fused-ring (bicyclic) bond motifs is 1. The van der Waals surface area contributed by atoms with Crippen LogP contribution in [0.5, 0.6) is 5.75 Å². The molecule has 6 nitrogen and oxygen atoms in total. The van der Waals surface area contributed by atoms with Gasteiger partial charge in [0.25, 0.3) is 5.91 Å². The van der Waals surface area contributed by atoms with Crippen molar-refractivity contribution >= 4 is 32.6 Å². The highest BCUT2D eigenvalue weighted by molar-refractivity contribution is 7.22. The van der Waals surface area contributed by atoms with E-state index < -0.39 is 6.36 Å². The summed E-state index contributed by atoms with van der Waals surface area (Å²) >= 11 is 1.30. The number of piperazine rings is 1. The van der Waals surface area contributed by atoms with Gasteiger partial charge in [-0.1, -0.05) is 11.3 Å². The number of alkyl halides is 3. The van der Waals surface area contributed by atoms with Gasteiger partial charge < -0.3 is 19.0 Å². The number of aromatic nitrogens is 1. The van der Waals surface area contributed by atoms with Crippen LogP contribution in [0.4, 0.5) is 18.3 Å². The first-order chi connectivity index (χ1) is 13.7. The van der Waals surface area contributed by atoms with Crippen LogP contribution in [0.1, 0.15) is 21.9 Å². The van der Waals surface area contributed by atoms with Crippen molar-refractivity contribution in [2.75, 3.05) is 31.1 Å². The number of anilines is 1. The third-order valence-corrected chi connectivity index (χ3v) is 5.77. The van der Waals surface area contributed by atoms with Gasteiger partial charge in [-0.2, -0.15) is 0 Å². The number of benzene rings is 1. The van der Waals surface area contributed by atoms with Gasteiger partial charge in [0.15, 0.2) is 5.13 Å². The van der Waals surface area contributed by atoms with Crippen LogP contribution in [0.15, 0.2) is 28.7 Å². The molecule has 1 amide bonds. The number of furan rings is 1. The summed E-state index contributed by atoms with van der Waals surface area (Å²) in [6, 6.07) is 5.86. The summed E-state index contributed by atoms with van der Waals surface area (Å²) < 4.78 is 47.3. The van der Waals surface area contributed by atoms with Crippen LogP contribution in [-0.4, -0.2) is 48.3 Å². The predicted molar refractivity (Wildman–Crippen MR) is 103 cm³/mol. The molecule has 0 bridgehead atoms. The van der Waals surface area contributed by atoms with Crippen LogP contribution in [0.2, 0.25) is 0 Å². The second kappa shape index (κ2) is 7.25. The number of hydrogen-bond donors (Lipinski definition) is 0. The third-order valence-electron chi connectivity index (χ3n) is 4.69. The fraction of sp³-hybridized carbons (Fsp3) is 0.368. The molecule has 1 aliphatic heterocycles. The van der Waals surface area contributed by atoms with Gasteiger partial charge in [-0.15, -0.1) is 13.2 Å². The van der Waals surface area contributed by atoms with E-state index in [9.17, 15) is 18.0 Å². The zero-order chi connectivity index (χ0) is 20.8. The van der Waals surface area contributed by atoms with Crippen LogP contribution in [0.25, 0.3) is 10.2 Å². The number of aryl methyl sites for hydroxylation is 2. The number of hydrogen-bond acceptors (Lipinski definition) is 6. The van der Waals surface area contributed by atoms with Crippen LogP contribution in [0.3, 0.4) is 0 Å². The van der Waals surface area contributed by atoms with E-state index in [2.05, 4.69) is 9.72 Å². The standard InChI is InChI=1S/C19H18F3N3O3S/c1-11-9-14(12(2)27-11)17(26)24-5-7-25(8-6-24)18-23-15-4-3-13(10-16(15)29-18)28-19(20,21)22/h3-4,9-10H,5-8H2,1-2H3. The number of carbonyl (C=O) groups is 1. The maximum atomic E-state index is 12.7. The Labute approximate surface area is 168 Å². The Balaban J connectivity index is 1.45. The van der Waals surface area contributed by atoms with Crippen molar-refractivity contribution in [1.29, 1.82) is 0 Å². The normalized spacial score (nSPS) is 15.2. The summed E-state index contributed by atoms with van der Waals surface area (Å²) in [6.07, 6.45) is -4.73. The van der Waals surface area contributed by atoms with E-state index in [1.807, 2.05) is 4.90 Å². The molecule has 3 aromatic rings. The number of amides is 1. The minimum absolute atomic E-state index is 0.0581. The van der Waals surface area contributed by atoms with Gasteiger partial charge in [-0.3, -0.25) is 4.79 Å². The van der Waals surface area contributed by atoms with E-state index in [-0.39, 0.29) is 11.7 Å². The molecule has 1 saturated heterocycles. The molecule has 0 spiro atoms. The van der Waals surface area contributed by atoms with Gasteiger partial charge in [-0.05, 0) is 32.0 Å². The van der Waals surface area contributed by atoms with Crippen molar-refractivity contribution in [3.63, 3.8) is 0 Å². The average molecular weight is 425 g/mol. The lowest BCUT2D eigenvalue weighted by Crippen LogP contribution is -2.48. The molecular formula is C19H18F3N3O3S. The molecule has 1 aliphatic rings. The van der Waals surface area contributed by atoms with E-state index >= 15 is 0 Å². The monoisotopic (exact) mass is 425 g/mol. The highest BCUT2D eigenvalue weighted by atomic mass is 32.1. The average Bonchev–Trinajstić information content (AvgIpc) is 3.22. The Morgan fingerprint density at radius 2 is 1.90 bits per heavy atom. The first kappa shape index (κ1) is 19.6. The first-order valence-electron chi connectivity index (χ1n) is 8.97. The third kappa shape index (κ3) is 4.16. The topological polar surface area (TPSA) is 58.8 Å². The number of halogens is 3. The number of thiazole rings is 1. The van der Waals surface area contributed by atoms with E-state index in [1.165, 1.54) is 29.5 Å². The Hall–Kier alpha value is -2.75. The zero-order valence-corrected chi connectivity index (χ0v) is 16.6. The van der Waals surface area contributed by atoms with Crippen molar-refractivity contribution in [3.05, 3.63) is 41.3 Å². The van der Waals surface area contributed by atoms with Crippen LogP contribution >= 0.6 is 11.3 Å². The van der Waals surface area contributed by atoms with E-state index in [1.54, 1.807) is 24.8 Å². The summed E-state index contributed by atoms with van der Waals surface area (Å²) in [5, 5.41) is 0.714. The summed E-state index contributed by atoms with van der Waals surface area (Å²) in [7, 11) is 0. The molecule has 3 heterocycles. The molecular weight excluding hydrogens is 407 g/mol. The number of rotatable bonds is 3. The van der Waals surface area contributed by atoms with Gasteiger partial charge in [0.2, 0.25) is 0 Å². The second-order valence-corrected chi connectivity index (χ2v) is 7.79. The van der Waals surface area contributed by atoms with Crippen molar-refractivity contribution < 1.29 is 27.1 Å². The van der Waals surface area contributed by atoms with E-state index in [4.69, 9.17) is 4.42 Å². The van der Waals surface area contributed by atoms with Gasteiger partial charge in [0, 0.05) is 32.2 Å². The summed E-state index contributed by atoms with van der Waals surface area (Å²) in [5.74, 6) is 0.990. The first-order valence-corrected chi connectivity index (χ1v) is 9.79. The fourth-order valence-electron chi connectivity index (χ4n) is 3.34. The Bertz CT molecular complexity index is 1050. The summed E-state index contributed by atoms with van der Waals surface area (Å²) in [4.78, 5) is 21.0.